The third kappa shape index (κ3) is 3.75. The highest BCUT2D eigenvalue weighted by Crippen LogP contribution is 2.19. The van der Waals surface area contributed by atoms with Gasteiger partial charge in [0.05, 0.1) is 14.6 Å². The molecule has 0 unspecified atom stereocenters. The number of primary sulfonamides is 1. The molecule has 0 aliphatic carbocycles. The van der Waals surface area contributed by atoms with E-state index in [2.05, 4.69) is 5.32 Å². The van der Waals surface area contributed by atoms with E-state index in [-0.39, 0.29) is 16.6 Å². The Bertz CT molecular complexity index is 792. The van der Waals surface area contributed by atoms with Crippen molar-refractivity contribution in [2.45, 2.75) is 11.8 Å². The second-order valence-electron chi connectivity index (χ2n) is 4.24. The summed E-state index contributed by atoms with van der Waals surface area (Å²) in [6.07, 6.45) is 0. The highest BCUT2D eigenvalue weighted by Gasteiger charge is 2.12. The molecule has 0 spiro atoms. The molecule has 110 valence electrons. The van der Waals surface area contributed by atoms with E-state index < -0.39 is 10.0 Å². The van der Waals surface area contributed by atoms with Crippen LogP contribution >= 0.6 is 11.3 Å². The van der Waals surface area contributed by atoms with E-state index in [0.29, 0.717) is 15.4 Å². The molecule has 21 heavy (non-hydrogen) atoms. The number of ketones is 1. The van der Waals surface area contributed by atoms with Gasteiger partial charge < -0.3 is 5.32 Å². The SMILES string of the molecule is CC(=O)c1ccc(C(=O)Nc2ccc(S(N)(=O)=O)cc2)s1. The fourth-order valence-corrected chi connectivity index (χ4v) is 2.88. The number of anilines is 1. The number of nitrogens with one attached hydrogen (secondary N) is 1. The Labute approximate surface area is 125 Å². The van der Waals surface area contributed by atoms with E-state index in [1.807, 2.05) is 0 Å². The molecule has 0 radical (unpaired) electrons. The molecule has 0 saturated heterocycles. The molecule has 0 saturated carbocycles. The van der Waals surface area contributed by atoms with Crippen molar-refractivity contribution in [3.05, 3.63) is 46.2 Å². The molecule has 3 N–H and O–H groups in total. The number of sulfonamides is 1. The smallest absolute Gasteiger partial charge is 0.265 e. The second kappa shape index (κ2) is 5.76. The van der Waals surface area contributed by atoms with Crippen molar-refractivity contribution in [3.63, 3.8) is 0 Å². The monoisotopic (exact) mass is 324 g/mol. The highest BCUT2D eigenvalue weighted by atomic mass is 32.2. The quantitative estimate of drug-likeness (QED) is 0.837. The highest BCUT2D eigenvalue weighted by molar-refractivity contribution is 7.89. The van der Waals surface area contributed by atoms with E-state index in [1.165, 1.54) is 31.2 Å². The summed E-state index contributed by atoms with van der Waals surface area (Å²) in [5.41, 5.74) is 0.435. The van der Waals surface area contributed by atoms with Crippen LogP contribution in [0, 0.1) is 0 Å². The summed E-state index contributed by atoms with van der Waals surface area (Å²) in [5.74, 6) is -0.465. The van der Waals surface area contributed by atoms with E-state index in [4.69, 9.17) is 5.14 Å². The molecule has 1 heterocycles. The number of hydrogen-bond donors (Lipinski definition) is 2. The van der Waals surface area contributed by atoms with Crippen LogP contribution in [0.15, 0.2) is 41.3 Å². The third-order valence-corrected chi connectivity index (χ3v) is 4.73. The van der Waals surface area contributed by atoms with Crippen molar-refractivity contribution in [1.29, 1.82) is 0 Å². The lowest BCUT2D eigenvalue weighted by Crippen LogP contribution is -2.13. The summed E-state index contributed by atoms with van der Waals surface area (Å²) in [4.78, 5) is 24.0. The lowest BCUT2D eigenvalue weighted by molar-refractivity contribution is 0.101. The van der Waals surface area contributed by atoms with Gasteiger partial charge in [-0.25, -0.2) is 13.6 Å². The van der Waals surface area contributed by atoms with Crippen LogP contribution in [0.3, 0.4) is 0 Å². The van der Waals surface area contributed by atoms with Crippen LogP contribution in [0.25, 0.3) is 0 Å². The molecule has 1 amide bonds. The number of nitrogens with two attached hydrogens (primary N) is 1. The molecule has 8 heteroatoms. The van der Waals surface area contributed by atoms with Gasteiger partial charge in [-0.3, -0.25) is 9.59 Å². The predicted octanol–water partition coefficient (Wildman–Crippen LogP) is 1.85. The zero-order valence-corrected chi connectivity index (χ0v) is 12.6. The lowest BCUT2D eigenvalue weighted by Gasteiger charge is -2.04. The second-order valence-corrected chi connectivity index (χ2v) is 6.89. The van der Waals surface area contributed by atoms with Crippen LogP contribution in [0.4, 0.5) is 5.69 Å². The number of carbonyl (C=O) groups excluding carboxylic acids is 2. The van der Waals surface area contributed by atoms with E-state index in [1.54, 1.807) is 12.1 Å². The van der Waals surface area contributed by atoms with Crippen LogP contribution < -0.4 is 10.5 Å². The average molecular weight is 324 g/mol. The first-order valence-electron chi connectivity index (χ1n) is 5.82. The summed E-state index contributed by atoms with van der Waals surface area (Å²) < 4.78 is 22.2. The van der Waals surface area contributed by atoms with Crippen LogP contribution in [0.5, 0.6) is 0 Å². The van der Waals surface area contributed by atoms with Crippen molar-refractivity contribution >= 4 is 38.7 Å². The Balaban J connectivity index is 2.14. The van der Waals surface area contributed by atoms with Crippen molar-refractivity contribution in [2.75, 3.05) is 5.32 Å². The molecule has 1 aromatic carbocycles. The number of benzene rings is 1. The minimum Gasteiger partial charge on any atom is -0.321 e. The van der Waals surface area contributed by atoms with Crippen LogP contribution in [0.1, 0.15) is 26.3 Å². The van der Waals surface area contributed by atoms with Gasteiger partial charge in [0.2, 0.25) is 10.0 Å². The fraction of sp³-hybridized carbons (Fsp3) is 0.0769. The van der Waals surface area contributed by atoms with Gasteiger partial charge in [0.15, 0.2) is 5.78 Å². The number of hydrogen-bond acceptors (Lipinski definition) is 5. The molecular formula is C13H12N2O4S2. The molecule has 1 aromatic heterocycles. The van der Waals surface area contributed by atoms with Crippen molar-refractivity contribution < 1.29 is 18.0 Å². The summed E-state index contributed by atoms with van der Waals surface area (Å²) in [5, 5.41) is 7.60. The Morgan fingerprint density at radius 2 is 1.62 bits per heavy atom. The standard InChI is InChI=1S/C13H12N2O4S2/c1-8(16)11-6-7-12(20-11)13(17)15-9-2-4-10(5-3-9)21(14,18)19/h2-7H,1H3,(H,15,17)(H2,14,18,19). The Morgan fingerprint density at radius 3 is 2.10 bits per heavy atom. The van der Waals surface area contributed by atoms with Gasteiger partial charge in [-0.1, -0.05) is 0 Å². The largest absolute Gasteiger partial charge is 0.321 e. The molecule has 2 rings (SSSR count). The molecular weight excluding hydrogens is 312 g/mol. The fourth-order valence-electron chi connectivity index (χ4n) is 1.57. The van der Waals surface area contributed by atoms with Crippen LogP contribution in [-0.2, 0) is 10.0 Å². The minimum atomic E-state index is -3.75. The third-order valence-electron chi connectivity index (χ3n) is 2.62. The van der Waals surface area contributed by atoms with E-state index >= 15 is 0 Å². The predicted molar refractivity (Wildman–Crippen MR) is 80.1 cm³/mol. The van der Waals surface area contributed by atoms with Gasteiger partial charge >= 0.3 is 0 Å². The van der Waals surface area contributed by atoms with Crippen LogP contribution in [0.2, 0.25) is 0 Å². The summed E-state index contributed by atoms with van der Waals surface area (Å²) in [6, 6.07) is 8.65. The molecule has 0 aliphatic rings. The summed E-state index contributed by atoms with van der Waals surface area (Å²) in [6.45, 7) is 1.43. The first-order valence-corrected chi connectivity index (χ1v) is 8.18. The normalized spacial score (nSPS) is 11.1. The van der Waals surface area contributed by atoms with Crippen molar-refractivity contribution in [3.8, 4) is 0 Å². The van der Waals surface area contributed by atoms with Gasteiger partial charge in [-0.2, -0.15) is 0 Å². The topological polar surface area (TPSA) is 106 Å². The lowest BCUT2D eigenvalue weighted by atomic mass is 10.3. The Hall–Kier alpha value is -2.03. The van der Waals surface area contributed by atoms with Gasteiger partial charge in [-0.15, -0.1) is 11.3 Å². The zero-order valence-electron chi connectivity index (χ0n) is 11.0. The zero-order chi connectivity index (χ0) is 15.6. The maximum absolute atomic E-state index is 12.0. The van der Waals surface area contributed by atoms with Crippen molar-refractivity contribution in [2.24, 2.45) is 5.14 Å². The maximum Gasteiger partial charge on any atom is 0.265 e. The van der Waals surface area contributed by atoms with E-state index in [9.17, 15) is 18.0 Å². The van der Waals surface area contributed by atoms with E-state index in [0.717, 1.165) is 11.3 Å². The molecule has 2 aromatic rings. The first-order chi connectivity index (χ1) is 9.77. The molecule has 0 bridgehead atoms. The summed E-state index contributed by atoms with van der Waals surface area (Å²) in [7, 11) is -3.75. The maximum atomic E-state index is 12.0. The molecule has 0 atom stereocenters. The number of Topliss-reactive ketones (excluding diaryl/α,β-unsaturated/α-hetero) is 1. The summed E-state index contributed by atoms with van der Waals surface area (Å²) >= 11 is 1.10. The molecule has 0 aliphatic heterocycles. The average Bonchev–Trinajstić information content (AvgIpc) is 2.88. The molecule has 0 fully saturated rings. The molecule has 6 nitrogen and oxygen atoms in total. The van der Waals surface area contributed by atoms with Crippen molar-refractivity contribution in [1.82, 2.24) is 0 Å². The Morgan fingerprint density at radius 1 is 1.05 bits per heavy atom. The minimum absolute atomic E-state index is 0.0320. The Kier molecular flexibility index (Phi) is 4.21. The van der Waals surface area contributed by atoms with Gasteiger partial charge in [0, 0.05) is 5.69 Å². The van der Waals surface area contributed by atoms with Gasteiger partial charge in [-0.05, 0) is 43.3 Å². The van der Waals surface area contributed by atoms with Gasteiger partial charge in [0.25, 0.3) is 5.91 Å². The van der Waals surface area contributed by atoms with Gasteiger partial charge in [0.1, 0.15) is 0 Å². The number of rotatable bonds is 4. The number of carbonyl (C=O) groups is 2. The number of amides is 1. The number of thiophene rings is 1. The first kappa shape index (κ1) is 15.4. The van der Waals surface area contributed by atoms with Crippen LogP contribution in [-0.4, -0.2) is 20.1 Å².